The van der Waals surface area contributed by atoms with Crippen molar-refractivity contribution in [2.75, 3.05) is 54.4 Å². The van der Waals surface area contributed by atoms with Crippen LogP contribution in [0.3, 0.4) is 0 Å². The summed E-state index contributed by atoms with van der Waals surface area (Å²) in [6.45, 7) is 7.54. The van der Waals surface area contributed by atoms with Crippen molar-refractivity contribution in [1.29, 1.82) is 0 Å². The number of allylic oxidation sites excluding steroid dienone is 4. The number of hydrogen-bond acceptors (Lipinski definition) is 8. The first-order chi connectivity index (χ1) is 33.7. The second-order valence-electron chi connectivity index (χ2n) is 20.9. The van der Waals surface area contributed by atoms with Gasteiger partial charge in [0.15, 0.2) is 0 Å². The highest BCUT2D eigenvalue weighted by Gasteiger charge is 2.17. The van der Waals surface area contributed by atoms with Gasteiger partial charge in [-0.05, 0) is 170 Å². The molecule has 0 aliphatic rings. The summed E-state index contributed by atoms with van der Waals surface area (Å²) in [5, 5.41) is 2.95. The monoisotopic (exact) mass is 974 g/mol. The molecular weight excluding hydrogens is 859 g/mol. The number of hydrogen-bond donors (Lipinski definition) is 1. The van der Waals surface area contributed by atoms with Gasteiger partial charge in [-0.3, -0.25) is 9.59 Å². The van der Waals surface area contributed by atoms with E-state index in [1.54, 1.807) is 0 Å². The van der Waals surface area contributed by atoms with Gasteiger partial charge < -0.3 is 29.3 Å². The van der Waals surface area contributed by atoms with E-state index in [0.717, 1.165) is 122 Å². The van der Waals surface area contributed by atoms with Crippen LogP contribution in [0.4, 0.5) is 4.79 Å². The van der Waals surface area contributed by atoms with Gasteiger partial charge in [-0.15, -0.1) is 0 Å². The summed E-state index contributed by atoms with van der Waals surface area (Å²) in [4.78, 5) is 42.3. The van der Waals surface area contributed by atoms with Crippen LogP contribution in [0, 0.1) is 0 Å². The first kappa shape index (κ1) is 66.6. The maximum atomic E-state index is 12.9. The highest BCUT2D eigenvalue weighted by atomic mass is 16.6. The number of nitrogens with one attached hydrogen (secondary N) is 1. The summed E-state index contributed by atoms with van der Waals surface area (Å²) < 4.78 is 17.6. The Morgan fingerprint density at radius 2 is 0.768 bits per heavy atom. The molecule has 0 aromatic carbocycles. The summed E-state index contributed by atoms with van der Waals surface area (Å²) in [5.74, 6) is -0.107. The number of amides is 1. The summed E-state index contributed by atoms with van der Waals surface area (Å²) in [6.07, 6.45) is 54.7. The molecule has 406 valence electrons. The van der Waals surface area contributed by atoms with Crippen LogP contribution < -0.4 is 5.32 Å². The number of ether oxygens (including phenoxy) is 3. The van der Waals surface area contributed by atoms with Gasteiger partial charge >= 0.3 is 18.0 Å². The van der Waals surface area contributed by atoms with Gasteiger partial charge in [-0.2, -0.15) is 0 Å². The van der Waals surface area contributed by atoms with E-state index in [4.69, 9.17) is 14.2 Å². The third-order valence-corrected chi connectivity index (χ3v) is 13.3. The first-order valence-corrected chi connectivity index (χ1v) is 29.6. The van der Waals surface area contributed by atoms with Crippen LogP contribution in [0.1, 0.15) is 277 Å². The van der Waals surface area contributed by atoms with Gasteiger partial charge in [0.25, 0.3) is 0 Å². The highest BCUT2D eigenvalue weighted by molar-refractivity contribution is 5.69. The molecule has 0 fully saturated rings. The van der Waals surface area contributed by atoms with Gasteiger partial charge in [0.05, 0.1) is 6.61 Å². The molecule has 1 amide bonds. The number of unbranched alkanes of at least 4 members (excludes halogenated alkanes) is 27. The van der Waals surface area contributed by atoms with Crippen LogP contribution in [0.2, 0.25) is 0 Å². The molecule has 0 saturated carbocycles. The molecule has 2 unspecified atom stereocenters. The average molecular weight is 975 g/mol. The predicted octanol–water partition coefficient (Wildman–Crippen LogP) is 16.8. The lowest BCUT2D eigenvalue weighted by Gasteiger charge is -2.20. The van der Waals surface area contributed by atoms with Crippen molar-refractivity contribution >= 4 is 18.0 Å². The number of rotatable bonds is 53. The zero-order valence-electron chi connectivity index (χ0n) is 46.6. The Hall–Kier alpha value is -2.39. The Labute approximate surface area is 428 Å². The van der Waals surface area contributed by atoms with Crippen molar-refractivity contribution in [2.24, 2.45) is 0 Å². The van der Waals surface area contributed by atoms with Crippen molar-refractivity contribution in [1.82, 2.24) is 15.1 Å². The van der Waals surface area contributed by atoms with Crippen LogP contribution in [0.25, 0.3) is 0 Å². The van der Waals surface area contributed by atoms with Crippen LogP contribution >= 0.6 is 0 Å². The topological polar surface area (TPSA) is 97.4 Å². The van der Waals surface area contributed by atoms with Crippen molar-refractivity contribution in [3.8, 4) is 0 Å². The van der Waals surface area contributed by atoms with E-state index < -0.39 is 0 Å². The molecule has 0 aliphatic heterocycles. The van der Waals surface area contributed by atoms with Gasteiger partial charge in [0.1, 0.15) is 12.2 Å². The fraction of sp³-hybridized carbons (Fsp3) is 0.883. The second-order valence-corrected chi connectivity index (χ2v) is 20.9. The molecule has 0 aromatic rings. The molecule has 0 aliphatic carbocycles. The third kappa shape index (κ3) is 53.2. The average Bonchev–Trinajstić information content (AvgIpc) is 3.32. The standard InChI is InChI=1S/C60H115N3O6/c1-7-9-11-13-15-17-19-21-23-25-27-29-31-33-41-50-58(64)67-55-43-36-35-38-47-57(69-60(66)61-52-45-54-63(5)6)48-40-37-39-46-56(49-44-53-62(3)4)68-59(65)51-42-34-32-30-28-26-24-22-20-18-16-14-12-10-8-2/h21-24,56-57H,7-20,25-55H2,1-6H3,(H,61,66)/b23-21+,24-22+. The highest BCUT2D eigenvalue weighted by Crippen LogP contribution is 2.20. The minimum absolute atomic E-state index is 0.0354. The van der Waals surface area contributed by atoms with E-state index in [0.29, 0.717) is 26.0 Å². The maximum Gasteiger partial charge on any atom is 0.407 e. The van der Waals surface area contributed by atoms with E-state index in [1.165, 1.54) is 141 Å². The fourth-order valence-electron chi connectivity index (χ4n) is 8.87. The lowest BCUT2D eigenvalue weighted by Crippen LogP contribution is -2.31. The molecule has 0 radical (unpaired) electrons. The van der Waals surface area contributed by atoms with Crippen LogP contribution in [0.5, 0.6) is 0 Å². The van der Waals surface area contributed by atoms with Gasteiger partial charge in [0, 0.05) is 19.4 Å². The lowest BCUT2D eigenvalue weighted by atomic mass is 10.0. The van der Waals surface area contributed by atoms with E-state index in [1.807, 2.05) is 14.1 Å². The maximum absolute atomic E-state index is 12.9. The minimum atomic E-state index is -0.323. The molecule has 0 rings (SSSR count). The fourth-order valence-corrected chi connectivity index (χ4v) is 8.87. The molecule has 1 N–H and O–H groups in total. The van der Waals surface area contributed by atoms with Crippen LogP contribution in [0.15, 0.2) is 24.3 Å². The first-order valence-electron chi connectivity index (χ1n) is 29.6. The Bertz CT molecular complexity index is 1180. The second kappa shape index (κ2) is 53.4. The number of carbonyl (C=O) groups excluding carboxylic acids is 3. The summed E-state index contributed by atoms with van der Waals surface area (Å²) >= 11 is 0. The summed E-state index contributed by atoms with van der Waals surface area (Å²) in [5.41, 5.74) is 0. The molecule has 69 heavy (non-hydrogen) atoms. The van der Waals surface area contributed by atoms with E-state index >= 15 is 0 Å². The zero-order valence-corrected chi connectivity index (χ0v) is 46.6. The molecule has 2 atom stereocenters. The van der Waals surface area contributed by atoms with E-state index in [2.05, 4.69) is 67.4 Å². The molecule has 0 saturated heterocycles. The van der Waals surface area contributed by atoms with Crippen LogP contribution in [-0.2, 0) is 23.8 Å². The van der Waals surface area contributed by atoms with Gasteiger partial charge in [0.2, 0.25) is 0 Å². The molecule has 9 nitrogen and oxygen atoms in total. The minimum Gasteiger partial charge on any atom is -0.466 e. The molecule has 9 heteroatoms. The quantitative estimate of drug-likeness (QED) is 0.0279. The molecule has 0 aromatic heterocycles. The number of carbonyl (C=O) groups is 3. The van der Waals surface area contributed by atoms with Gasteiger partial charge in [-0.1, -0.05) is 160 Å². The van der Waals surface area contributed by atoms with E-state index in [-0.39, 0.29) is 30.2 Å². The Morgan fingerprint density at radius 1 is 0.406 bits per heavy atom. The zero-order chi connectivity index (χ0) is 50.5. The third-order valence-electron chi connectivity index (χ3n) is 13.3. The Morgan fingerprint density at radius 3 is 1.25 bits per heavy atom. The van der Waals surface area contributed by atoms with Crippen molar-refractivity contribution in [3.63, 3.8) is 0 Å². The largest absolute Gasteiger partial charge is 0.466 e. The summed E-state index contributed by atoms with van der Waals surface area (Å²) in [7, 11) is 8.26. The van der Waals surface area contributed by atoms with E-state index in [9.17, 15) is 14.4 Å². The summed E-state index contributed by atoms with van der Waals surface area (Å²) in [6, 6.07) is 0. The number of nitrogens with zero attached hydrogens (tertiary/aromatic N) is 2. The van der Waals surface area contributed by atoms with Crippen molar-refractivity contribution in [2.45, 2.75) is 289 Å². The van der Waals surface area contributed by atoms with Crippen molar-refractivity contribution in [3.05, 3.63) is 24.3 Å². The normalized spacial score (nSPS) is 12.7. The lowest BCUT2D eigenvalue weighted by molar-refractivity contribution is -0.150. The van der Waals surface area contributed by atoms with Crippen LogP contribution in [-0.4, -0.2) is 94.5 Å². The predicted molar refractivity (Wildman–Crippen MR) is 295 cm³/mol. The van der Waals surface area contributed by atoms with Gasteiger partial charge in [-0.25, -0.2) is 4.79 Å². The number of alkyl carbamates (subject to hydrolysis) is 1. The number of esters is 2. The smallest absolute Gasteiger partial charge is 0.407 e. The van der Waals surface area contributed by atoms with Crippen molar-refractivity contribution < 1.29 is 28.6 Å². The molecule has 0 heterocycles. The molecular formula is C60H115N3O6. The molecule has 0 spiro atoms. The Balaban J connectivity index is 4.45. The Kier molecular flexibility index (Phi) is 51.6. The molecule has 0 bridgehead atoms. The SMILES string of the molecule is CCCCCCCC/C=C/CCCCCCCC(=O)OCCCCCCC(CCCCCC(CCCN(C)C)OC(=O)CCCCCCC/C=C/CCCCCCCC)OC(=O)NCCCN(C)C.